The van der Waals surface area contributed by atoms with Crippen molar-refractivity contribution in [1.82, 2.24) is 10.6 Å². The third-order valence-corrected chi connectivity index (χ3v) is 3.68. The van der Waals surface area contributed by atoms with Gasteiger partial charge in [0.05, 0.1) is 6.10 Å². The highest BCUT2D eigenvalue weighted by molar-refractivity contribution is 7.99. The van der Waals surface area contributed by atoms with Crippen LogP contribution in [0.15, 0.2) is 0 Å². The standard InChI is InChI=1S/C11H22N2O2S/c1-9(14)3-2-4-13-11(15)7-10-8-16-6-5-12-10/h9-10,12,14H,2-8H2,1H3,(H,13,15). The molecular weight excluding hydrogens is 224 g/mol. The molecule has 1 heterocycles. The molecule has 3 N–H and O–H groups in total. The molecule has 0 aromatic carbocycles. The maximum atomic E-state index is 11.5. The Morgan fingerprint density at radius 1 is 1.69 bits per heavy atom. The number of thioether (sulfide) groups is 1. The lowest BCUT2D eigenvalue weighted by molar-refractivity contribution is -0.121. The van der Waals surface area contributed by atoms with E-state index in [2.05, 4.69) is 10.6 Å². The number of rotatable bonds is 6. The molecule has 0 aliphatic carbocycles. The molecule has 1 aliphatic rings. The van der Waals surface area contributed by atoms with Crippen molar-refractivity contribution in [3.05, 3.63) is 0 Å². The SMILES string of the molecule is CC(O)CCCNC(=O)CC1CSCCN1. The van der Waals surface area contributed by atoms with Crippen molar-refractivity contribution in [2.45, 2.75) is 38.3 Å². The Balaban J connectivity index is 2.01. The minimum Gasteiger partial charge on any atom is -0.393 e. The van der Waals surface area contributed by atoms with Gasteiger partial charge in [-0.15, -0.1) is 0 Å². The molecule has 1 saturated heterocycles. The minimum absolute atomic E-state index is 0.116. The molecule has 0 aromatic heterocycles. The zero-order valence-electron chi connectivity index (χ0n) is 9.87. The smallest absolute Gasteiger partial charge is 0.221 e. The number of carbonyl (C=O) groups is 1. The largest absolute Gasteiger partial charge is 0.393 e. The first kappa shape index (κ1) is 13.8. The molecule has 0 radical (unpaired) electrons. The molecule has 1 fully saturated rings. The van der Waals surface area contributed by atoms with Gasteiger partial charge in [-0.05, 0) is 19.8 Å². The van der Waals surface area contributed by atoms with Gasteiger partial charge < -0.3 is 15.7 Å². The van der Waals surface area contributed by atoms with Crippen LogP contribution >= 0.6 is 11.8 Å². The Kier molecular flexibility index (Phi) is 6.84. The molecule has 0 spiro atoms. The summed E-state index contributed by atoms with van der Waals surface area (Å²) in [6.45, 7) is 3.44. The second-order valence-corrected chi connectivity index (χ2v) is 5.42. The number of carbonyl (C=O) groups excluding carboxylic acids is 1. The van der Waals surface area contributed by atoms with E-state index < -0.39 is 0 Å². The third kappa shape index (κ3) is 6.35. The average Bonchev–Trinajstić information content (AvgIpc) is 2.25. The predicted octanol–water partition coefficient (Wildman–Crippen LogP) is 0.359. The van der Waals surface area contributed by atoms with E-state index in [1.165, 1.54) is 0 Å². The minimum atomic E-state index is -0.270. The molecular formula is C11H22N2O2S. The zero-order valence-corrected chi connectivity index (χ0v) is 10.7. The van der Waals surface area contributed by atoms with Crippen molar-refractivity contribution in [1.29, 1.82) is 0 Å². The molecule has 5 heteroatoms. The first-order chi connectivity index (χ1) is 7.68. The topological polar surface area (TPSA) is 61.4 Å². The van der Waals surface area contributed by atoms with Gasteiger partial charge in [0, 0.05) is 37.1 Å². The van der Waals surface area contributed by atoms with E-state index in [0.29, 0.717) is 19.0 Å². The van der Waals surface area contributed by atoms with Crippen LogP contribution in [0.5, 0.6) is 0 Å². The van der Waals surface area contributed by atoms with Gasteiger partial charge in [0.2, 0.25) is 5.91 Å². The second-order valence-electron chi connectivity index (χ2n) is 4.27. The van der Waals surface area contributed by atoms with E-state index in [1.54, 1.807) is 6.92 Å². The third-order valence-electron chi connectivity index (χ3n) is 2.55. The highest BCUT2D eigenvalue weighted by atomic mass is 32.2. The van der Waals surface area contributed by atoms with Crippen LogP contribution in [0.4, 0.5) is 0 Å². The highest BCUT2D eigenvalue weighted by Crippen LogP contribution is 2.09. The van der Waals surface area contributed by atoms with Gasteiger partial charge in [-0.1, -0.05) is 0 Å². The summed E-state index contributed by atoms with van der Waals surface area (Å²) in [5.74, 6) is 2.29. The second kappa shape index (κ2) is 7.92. The van der Waals surface area contributed by atoms with Crippen molar-refractivity contribution >= 4 is 17.7 Å². The number of aliphatic hydroxyl groups excluding tert-OH is 1. The Labute approximate surface area is 102 Å². The summed E-state index contributed by atoms with van der Waals surface area (Å²) >= 11 is 1.90. The van der Waals surface area contributed by atoms with Gasteiger partial charge in [-0.3, -0.25) is 4.79 Å². The lowest BCUT2D eigenvalue weighted by Crippen LogP contribution is -2.41. The predicted molar refractivity (Wildman–Crippen MR) is 67.7 cm³/mol. The van der Waals surface area contributed by atoms with Gasteiger partial charge in [-0.2, -0.15) is 11.8 Å². The van der Waals surface area contributed by atoms with E-state index in [0.717, 1.165) is 30.9 Å². The quantitative estimate of drug-likeness (QED) is 0.592. The number of hydrogen-bond acceptors (Lipinski definition) is 4. The first-order valence-corrected chi connectivity index (χ1v) is 7.10. The van der Waals surface area contributed by atoms with Crippen LogP contribution < -0.4 is 10.6 Å². The zero-order chi connectivity index (χ0) is 11.8. The summed E-state index contributed by atoms with van der Waals surface area (Å²) in [6, 6.07) is 0.329. The van der Waals surface area contributed by atoms with Gasteiger partial charge in [0.25, 0.3) is 0 Å². The van der Waals surface area contributed by atoms with Crippen molar-refractivity contribution in [3.63, 3.8) is 0 Å². The molecule has 1 aliphatic heterocycles. The lowest BCUT2D eigenvalue weighted by Gasteiger charge is -2.22. The highest BCUT2D eigenvalue weighted by Gasteiger charge is 2.16. The van der Waals surface area contributed by atoms with Crippen molar-refractivity contribution in [2.24, 2.45) is 0 Å². The maximum Gasteiger partial charge on any atom is 0.221 e. The Bertz CT molecular complexity index is 206. The van der Waals surface area contributed by atoms with Crippen LogP contribution in [0.3, 0.4) is 0 Å². The van der Waals surface area contributed by atoms with Gasteiger partial charge in [-0.25, -0.2) is 0 Å². The van der Waals surface area contributed by atoms with Gasteiger partial charge >= 0.3 is 0 Å². The van der Waals surface area contributed by atoms with Crippen molar-refractivity contribution < 1.29 is 9.90 Å². The molecule has 0 aromatic rings. The van der Waals surface area contributed by atoms with Crippen LogP contribution in [-0.2, 0) is 4.79 Å². The van der Waals surface area contributed by atoms with Crippen LogP contribution in [0.2, 0.25) is 0 Å². The van der Waals surface area contributed by atoms with E-state index >= 15 is 0 Å². The normalized spacial score (nSPS) is 22.8. The number of nitrogens with one attached hydrogen (secondary N) is 2. The van der Waals surface area contributed by atoms with E-state index in [4.69, 9.17) is 5.11 Å². The van der Waals surface area contributed by atoms with Gasteiger partial charge in [0.1, 0.15) is 0 Å². The fourth-order valence-electron chi connectivity index (χ4n) is 1.67. The Hall–Kier alpha value is -0.260. The summed E-state index contributed by atoms with van der Waals surface area (Å²) < 4.78 is 0. The molecule has 0 saturated carbocycles. The number of hydrogen-bond donors (Lipinski definition) is 3. The molecule has 2 atom stereocenters. The van der Waals surface area contributed by atoms with E-state index in [-0.39, 0.29) is 12.0 Å². The molecule has 1 amide bonds. The number of amides is 1. The van der Waals surface area contributed by atoms with Crippen LogP contribution in [-0.4, -0.2) is 47.8 Å². The summed E-state index contributed by atoms with van der Waals surface area (Å²) in [6.07, 6.45) is 1.89. The van der Waals surface area contributed by atoms with E-state index in [1.807, 2.05) is 11.8 Å². The molecule has 4 nitrogen and oxygen atoms in total. The number of aliphatic hydroxyl groups is 1. The monoisotopic (exact) mass is 246 g/mol. The molecule has 2 unspecified atom stereocenters. The molecule has 16 heavy (non-hydrogen) atoms. The summed E-state index contributed by atoms with van der Waals surface area (Å²) in [4.78, 5) is 11.5. The van der Waals surface area contributed by atoms with E-state index in [9.17, 15) is 4.79 Å². The lowest BCUT2D eigenvalue weighted by atomic mass is 10.2. The molecule has 1 rings (SSSR count). The van der Waals surface area contributed by atoms with Crippen molar-refractivity contribution in [2.75, 3.05) is 24.6 Å². The molecule has 94 valence electrons. The fourth-order valence-corrected chi connectivity index (χ4v) is 2.62. The average molecular weight is 246 g/mol. The Morgan fingerprint density at radius 2 is 2.50 bits per heavy atom. The fraction of sp³-hybridized carbons (Fsp3) is 0.909. The Morgan fingerprint density at radius 3 is 3.12 bits per heavy atom. The van der Waals surface area contributed by atoms with Crippen LogP contribution in [0.25, 0.3) is 0 Å². The van der Waals surface area contributed by atoms with Crippen LogP contribution in [0.1, 0.15) is 26.2 Å². The summed E-state index contributed by atoms with van der Waals surface area (Å²) in [5, 5.41) is 15.3. The summed E-state index contributed by atoms with van der Waals surface area (Å²) in [5.41, 5.74) is 0. The van der Waals surface area contributed by atoms with Gasteiger partial charge in [0.15, 0.2) is 0 Å². The molecule has 0 bridgehead atoms. The maximum absolute atomic E-state index is 11.5. The first-order valence-electron chi connectivity index (χ1n) is 5.94. The van der Waals surface area contributed by atoms with Crippen LogP contribution in [0, 0.1) is 0 Å². The summed E-state index contributed by atoms with van der Waals surface area (Å²) in [7, 11) is 0. The van der Waals surface area contributed by atoms with Crippen molar-refractivity contribution in [3.8, 4) is 0 Å².